The van der Waals surface area contributed by atoms with Gasteiger partial charge in [-0.15, -0.1) is 0 Å². The van der Waals surface area contributed by atoms with Gasteiger partial charge < -0.3 is 24.4 Å². The Morgan fingerprint density at radius 2 is 1.63 bits per heavy atom. The van der Waals surface area contributed by atoms with Crippen molar-refractivity contribution in [3.8, 4) is 39.7 Å². The lowest BCUT2D eigenvalue weighted by Crippen LogP contribution is -2.32. The van der Waals surface area contributed by atoms with Gasteiger partial charge in [-0.3, -0.25) is 9.78 Å². The third-order valence-corrected chi connectivity index (χ3v) is 5.89. The second kappa shape index (κ2) is 9.80. The maximum absolute atomic E-state index is 12.9. The molecule has 2 N–H and O–H groups in total. The number of fused-ring (bicyclic) bond motifs is 1. The van der Waals surface area contributed by atoms with Gasteiger partial charge in [0.25, 0.3) is 0 Å². The fourth-order valence-corrected chi connectivity index (χ4v) is 4.04. The minimum atomic E-state index is -0.411. The number of ketones is 1. The van der Waals surface area contributed by atoms with Crippen LogP contribution in [0.4, 0.5) is 0 Å². The monoisotopic (exact) mass is 474 g/mol. The van der Waals surface area contributed by atoms with Gasteiger partial charge in [-0.1, -0.05) is 6.07 Å². The number of nitrogens with zero attached hydrogens (tertiary/aromatic N) is 1. The zero-order chi connectivity index (χ0) is 25.2. The number of pyridine rings is 1. The SMILES string of the molecule is COc1ccc(C(=O)CCC(C)(C)N)cc1-c1cc2nccc(-c3c(OC)cccc3OC)c2o1. The second-order valence-corrected chi connectivity index (χ2v) is 9.05. The fraction of sp³-hybridized carbons (Fsp3) is 0.286. The molecule has 0 unspecified atom stereocenters. The number of hydrogen-bond acceptors (Lipinski definition) is 7. The van der Waals surface area contributed by atoms with Gasteiger partial charge in [0.05, 0.1) is 32.5 Å². The average molecular weight is 475 g/mol. The van der Waals surface area contributed by atoms with Crippen LogP contribution in [-0.4, -0.2) is 37.6 Å². The molecule has 0 bridgehead atoms. The van der Waals surface area contributed by atoms with Gasteiger partial charge in [0.15, 0.2) is 11.4 Å². The Bertz CT molecular complexity index is 1350. The average Bonchev–Trinajstić information content (AvgIpc) is 3.30. The van der Waals surface area contributed by atoms with E-state index in [1.54, 1.807) is 45.7 Å². The molecule has 0 aliphatic carbocycles. The lowest BCUT2D eigenvalue weighted by molar-refractivity contribution is 0.0972. The van der Waals surface area contributed by atoms with Crippen molar-refractivity contribution in [3.05, 3.63) is 60.3 Å². The van der Waals surface area contributed by atoms with Crippen LogP contribution in [0.15, 0.2) is 59.1 Å². The normalized spacial score (nSPS) is 11.5. The van der Waals surface area contributed by atoms with Crippen LogP contribution in [0.5, 0.6) is 17.2 Å². The van der Waals surface area contributed by atoms with E-state index in [0.717, 1.165) is 11.1 Å². The second-order valence-electron chi connectivity index (χ2n) is 9.05. The van der Waals surface area contributed by atoms with E-state index in [-0.39, 0.29) is 5.78 Å². The molecule has 35 heavy (non-hydrogen) atoms. The number of ether oxygens (including phenoxy) is 3. The topological polar surface area (TPSA) is 96.8 Å². The van der Waals surface area contributed by atoms with E-state index >= 15 is 0 Å². The summed E-state index contributed by atoms with van der Waals surface area (Å²) in [5.41, 5.74) is 9.69. The Labute approximate surface area is 204 Å². The van der Waals surface area contributed by atoms with Crippen LogP contribution in [-0.2, 0) is 0 Å². The number of nitrogens with two attached hydrogens (primary N) is 1. The van der Waals surface area contributed by atoms with Crippen LogP contribution in [0.1, 0.15) is 37.0 Å². The van der Waals surface area contributed by atoms with E-state index < -0.39 is 5.54 Å². The smallest absolute Gasteiger partial charge is 0.162 e. The number of furan rings is 1. The number of hydrogen-bond donors (Lipinski definition) is 1. The molecule has 0 aliphatic heterocycles. The summed E-state index contributed by atoms with van der Waals surface area (Å²) in [4.78, 5) is 17.4. The van der Waals surface area contributed by atoms with Crippen molar-refractivity contribution in [2.45, 2.75) is 32.2 Å². The maximum Gasteiger partial charge on any atom is 0.162 e. The molecule has 0 fully saturated rings. The Hall–Kier alpha value is -3.84. The molecule has 0 saturated heterocycles. The largest absolute Gasteiger partial charge is 0.496 e. The van der Waals surface area contributed by atoms with E-state index in [2.05, 4.69) is 4.98 Å². The number of aromatic nitrogens is 1. The number of carbonyl (C=O) groups excluding carboxylic acids is 1. The molecule has 0 atom stereocenters. The molecule has 2 aromatic carbocycles. The zero-order valence-electron chi connectivity index (χ0n) is 20.7. The third-order valence-electron chi connectivity index (χ3n) is 5.89. The fourth-order valence-electron chi connectivity index (χ4n) is 4.04. The van der Waals surface area contributed by atoms with Gasteiger partial charge in [-0.05, 0) is 56.7 Å². The van der Waals surface area contributed by atoms with Gasteiger partial charge in [-0.2, -0.15) is 0 Å². The highest BCUT2D eigenvalue weighted by atomic mass is 16.5. The first-order valence-electron chi connectivity index (χ1n) is 11.4. The Kier molecular flexibility index (Phi) is 6.80. The predicted octanol–water partition coefficient (Wildman–Crippen LogP) is 5.89. The van der Waals surface area contributed by atoms with Crippen molar-refractivity contribution < 1.29 is 23.4 Å². The highest BCUT2D eigenvalue weighted by Gasteiger charge is 2.21. The summed E-state index contributed by atoms with van der Waals surface area (Å²) >= 11 is 0. The number of rotatable bonds is 9. The summed E-state index contributed by atoms with van der Waals surface area (Å²) < 4.78 is 23.1. The maximum atomic E-state index is 12.9. The van der Waals surface area contributed by atoms with E-state index in [4.69, 9.17) is 24.4 Å². The molecule has 2 heterocycles. The Balaban J connectivity index is 1.82. The number of Topliss-reactive ketones (excluding diaryl/α,β-unsaturated/α-hetero) is 1. The first-order valence-corrected chi connectivity index (χ1v) is 11.4. The first-order chi connectivity index (χ1) is 16.8. The lowest BCUT2D eigenvalue weighted by atomic mass is 9.95. The van der Waals surface area contributed by atoms with Crippen molar-refractivity contribution in [2.75, 3.05) is 21.3 Å². The summed E-state index contributed by atoms with van der Waals surface area (Å²) in [5.74, 6) is 2.46. The quantitative estimate of drug-likeness (QED) is 0.302. The minimum Gasteiger partial charge on any atom is -0.496 e. The molecule has 4 rings (SSSR count). The van der Waals surface area contributed by atoms with Crippen molar-refractivity contribution in [1.82, 2.24) is 4.98 Å². The summed E-state index contributed by atoms with van der Waals surface area (Å²) in [6.45, 7) is 3.82. The standard InChI is InChI=1S/C28H30N2O5/c1-28(2,29)13-11-21(31)17-9-10-22(32-3)19(15-17)25-16-20-27(35-25)18(12-14-30-20)26-23(33-4)7-6-8-24(26)34-5/h6-10,12,14-16H,11,13,29H2,1-5H3. The highest BCUT2D eigenvalue weighted by molar-refractivity contribution is 5.99. The van der Waals surface area contributed by atoms with Crippen LogP contribution in [0.25, 0.3) is 33.6 Å². The van der Waals surface area contributed by atoms with Crippen molar-refractivity contribution in [1.29, 1.82) is 0 Å². The van der Waals surface area contributed by atoms with E-state index in [9.17, 15) is 4.79 Å². The molecular formula is C28H30N2O5. The molecule has 7 nitrogen and oxygen atoms in total. The minimum absolute atomic E-state index is 0.0149. The van der Waals surface area contributed by atoms with E-state index in [1.165, 1.54) is 0 Å². The summed E-state index contributed by atoms with van der Waals surface area (Å²) in [6.07, 6.45) is 2.66. The molecule has 2 aromatic heterocycles. The summed E-state index contributed by atoms with van der Waals surface area (Å²) in [7, 11) is 4.82. The van der Waals surface area contributed by atoms with E-state index in [1.807, 2.05) is 44.2 Å². The van der Waals surface area contributed by atoms with Crippen LogP contribution in [0.2, 0.25) is 0 Å². The summed E-state index contributed by atoms with van der Waals surface area (Å²) in [6, 6.07) is 14.7. The highest BCUT2D eigenvalue weighted by Crippen LogP contribution is 2.43. The van der Waals surface area contributed by atoms with Crippen LogP contribution >= 0.6 is 0 Å². The number of carbonyl (C=O) groups is 1. The van der Waals surface area contributed by atoms with Crippen LogP contribution in [0.3, 0.4) is 0 Å². The number of benzene rings is 2. The van der Waals surface area contributed by atoms with E-state index in [0.29, 0.717) is 58.1 Å². The molecule has 0 saturated carbocycles. The van der Waals surface area contributed by atoms with Gasteiger partial charge in [0, 0.05) is 35.3 Å². The van der Waals surface area contributed by atoms with Crippen molar-refractivity contribution in [3.63, 3.8) is 0 Å². The zero-order valence-corrected chi connectivity index (χ0v) is 20.7. The summed E-state index contributed by atoms with van der Waals surface area (Å²) in [5, 5.41) is 0. The molecule has 0 radical (unpaired) electrons. The third kappa shape index (κ3) is 5.00. The first kappa shape index (κ1) is 24.3. The Morgan fingerprint density at radius 3 is 2.26 bits per heavy atom. The molecule has 0 spiro atoms. The Morgan fingerprint density at radius 1 is 0.943 bits per heavy atom. The molecule has 4 aromatic rings. The molecule has 7 heteroatoms. The molecule has 182 valence electrons. The lowest BCUT2D eigenvalue weighted by Gasteiger charge is -2.17. The van der Waals surface area contributed by atoms with Crippen LogP contribution in [0, 0.1) is 0 Å². The molecular weight excluding hydrogens is 444 g/mol. The van der Waals surface area contributed by atoms with Gasteiger partial charge in [0.1, 0.15) is 28.5 Å². The van der Waals surface area contributed by atoms with Gasteiger partial charge in [-0.25, -0.2) is 0 Å². The van der Waals surface area contributed by atoms with Crippen molar-refractivity contribution >= 4 is 16.9 Å². The molecule has 0 aliphatic rings. The number of methoxy groups -OCH3 is 3. The van der Waals surface area contributed by atoms with Crippen molar-refractivity contribution in [2.24, 2.45) is 5.73 Å². The van der Waals surface area contributed by atoms with Gasteiger partial charge in [0.2, 0.25) is 0 Å². The predicted molar refractivity (Wildman–Crippen MR) is 136 cm³/mol. The van der Waals surface area contributed by atoms with Gasteiger partial charge >= 0.3 is 0 Å². The molecule has 0 amide bonds. The van der Waals surface area contributed by atoms with Crippen LogP contribution < -0.4 is 19.9 Å².